The zero-order chi connectivity index (χ0) is 35.5. The summed E-state index contributed by atoms with van der Waals surface area (Å²) in [5, 5.41) is 21.5. The van der Waals surface area contributed by atoms with Gasteiger partial charge in [0.25, 0.3) is 0 Å². The summed E-state index contributed by atoms with van der Waals surface area (Å²) in [5.74, 6) is 1.46. The Hall–Kier alpha value is -7.10. The molecule has 0 bridgehead atoms. The van der Waals surface area contributed by atoms with Crippen LogP contribution in [0.4, 0.5) is 0 Å². The topological polar surface area (TPSA) is 124 Å². The molecule has 252 valence electrons. The first kappa shape index (κ1) is 30.7. The van der Waals surface area contributed by atoms with Crippen LogP contribution in [0.1, 0.15) is 0 Å². The SMILES string of the molecule is Oc1ccccc1-c1nc2c(-c3ccccc3)ccc(-c3ccc(-c4ccc(-c5ccccc5)c5nc(-c6ccccc6O)[nH]c45)c4nsnc34)c2[nH]1. The molecule has 7 aromatic carbocycles. The van der Waals surface area contributed by atoms with Crippen molar-refractivity contribution in [3.63, 3.8) is 0 Å². The summed E-state index contributed by atoms with van der Waals surface area (Å²) >= 11 is 1.17. The molecule has 0 saturated carbocycles. The van der Waals surface area contributed by atoms with Crippen molar-refractivity contribution in [2.75, 3.05) is 0 Å². The molecule has 0 amide bonds. The molecule has 0 saturated heterocycles. The Morgan fingerprint density at radius 1 is 0.358 bits per heavy atom. The summed E-state index contributed by atoms with van der Waals surface area (Å²) in [6, 6.07) is 47.4. The molecule has 0 aliphatic rings. The number of phenols is 2. The van der Waals surface area contributed by atoms with Crippen molar-refractivity contribution in [2.24, 2.45) is 0 Å². The van der Waals surface area contributed by atoms with Crippen molar-refractivity contribution in [1.29, 1.82) is 0 Å². The monoisotopic (exact) mass is 704 g/mol. The van der Waals surface area contributed by atoms with Crippen molar-refractivity contribution in [3.8, 4) is 78.8 Å². The molecule has 0 radical (unpaired) electrons. The Labute approximate surface area is 307 Å². The van der Waals surface area contributed by atoms with Crippen molar-refractivity contribution in [1.82, 2.24) is 28.7 Å². The van der Waals surface area contributed by atoms with E-state index in [9.17, 15) is 10.2 Å². The molecule has 9 heteroatoms. The largest absolute Gasteiger partial charge is 0.507 e. The fourth-order valence-electron chi connectivity index (χ4n) is 7.24. The molecule has 0 unspecified atom stereocenters. The number of imidazole rings is 2. The lowest BCUT2D eigenvalue weighted by atomic mass is 9.93. The zero-order valence-corrected chi connectivity index (χ0v) is 28.8. The number of hydrogen-bond acceptors (Lipinski definition) is 7. The first-order valence-electron chi connectivity index (χ1n) is 17.1. The molecule has 0 aliphatic carbocycles. The van der Waals surface area contributed by atoms with E-state index in [1.165, 1.54) is 11.7 Å². The Kier molecular flexibility index (Phi) is 7.12. The second-order valence-corrected chi connectivity index (χ2v) is 13.4. The van der Waals surface area contributed by atoms with Gasteiger partial charge in [-0.05, 0) is 35.4 Å². The number of benzene rings is 7. The van der Waals surface area contributed by atoms with E-state index in [1.807, 2.05) is 60.7 Å². The van der Waals surface area contributed by atoms with Crippen LogP contribution in [0.5, 0.6) is 11.5 Å². The van der Waals surface area contributed by atoms with Crippen LogP contribution >= 0.6 is 11.7 Å². The number of nitrogens with one attached hydrogen (secondary N) is 2. The van der Waals surface area contributed by atoms with Crippen molar-refractivity contribution >= 4 is 44.8 Å². The Morgan fingerprint density at radius 2 is 0.736 bits per heavy atom. The van der Waals surface area contributed by atoms with Gasteiger partial charge in [0.1, 0.15) is 34.2 Å². The zero-order valence-electron chi connectivity index (χ0n) is 27.9. The molecule has 0 aliphatic heterocycles. The summed E-state index contributed by atoms with van der Waals surface area (Å²) in [4.78, 5) is 17.2. The molecule has 8 nitrogen and oxygen atoms in total. The third kappa shape index (κ3) is 5.05. The Morgan fingerprint density at radius 3 is 1.17 bits per heavy atom. The van der Waals surface area contributed by atoms with Gasteiger partial charge < -0.3 is 20.2 Å². The van der Waals surface area contributed by atoms with Gasteiger partial charge in [0.15, 0.2) is 0 Å². The predicted octanol–water partition coefficient (Wildman–Crippen LogP) is 10.9. The number of aromatic hydroxyl groups is 2. The number of aromatic amines is 2. The highest BCUT2D eigenvalue weighted by Crippen LogP contribution is 2.43. The van der Waals surface area contributed by atoms with Crippen molar-refractivity contribution in [2.45, 2.75) is 0 Å². The third-order valence-electron chi connectivity index (χ3n) is 9.77. The maximum atomic E-state index is 10.8. The minimum atomic E-state index is 0.152. The normalized spacial score (nSPS) is 11.5. The van der Waals surface area contributed by atoms with E-state index >= 15 is 0 Å². The second kappa shape index (κ2) is 12.3. The Bertz CT molecular complexity index is 2780. The van der Waals surface area contributed by atoms with E-state index in [1.54, 1.807) is 24.3 Å². The quantitative estimate of drug-likeness (QED) is 0.137. The number of nitrogens with zero attached hydrogens (tertiary/aromatic N) is 4. The van der Waals surface area contributed by atoms with Gasteiger partial charge in [0.05, 0.1) is 44.9 Å². The number of hydrogen-bond donors (Lipinski definition) is 4. The van der Waals surface area contributed by atoms with Gasteiger partial charge in [-0.25, -0.2) is 9.97 Å². The smallest absolute Gasteiger partial charge is 0.142 e. The van der Waals surface area contributed by atoms with Crippen molar-refractivity contribution < 1.29 is 10.2 Å². The average Bonchev–Trinajstić information content (AvgIpc) is 3.98. The van der Waals surface area contributed by atoms with Crippen LogP contribution < -0.4 is 0 Å². The molecule has 0 fully saturated rings. The fraction of sp³-hybridized carbons (Fsp3) is 0. The third-order valence-corrected chi connectivity index (χ3v) is 10.3. The lowest BCUT2D eigenvalue weighted by molar-refractivity contribution is 0.476. The van der Waals surface area contributed by atoms with Crippen LogP contribution in [0, 0.1) is 0 Å². The van der Waals surface area contributed by atoms with Gasteiger partial charge in [0.2, 0.25) is 0 Å². The number of H-pyrrole nitrogens is 2. The lowest BCUT2D eigenvalue weighted by Gasteiger charge is -2.11. The maximum absolute atomic E-state index is 10.8. The fourth-order valence-corrected chi connectivity index (χ4v) is 7.81. The first-order chi connectivity index (χ1) is 26.1. The van der Waals surface area contributed by atoms with E-state index in [-0.39, 0.29) is 11.5 Å². The number of rotatable bonds is 6. The van der Waals surface area contributed by atoms with Crippen LogP contribution in [0.15, 0.2) is 146 Å². The molecule has 10 rings (SSSR count). The number of aromatic nitrogens is 6. The average molecular weight is 705 g/mol. The van der Waals surface area contributed by atoms with E-state index < -0.39 is 0 Å². The van der Waals surface area contributed by atoms with Crippen LogP contribution in [-0.2, 0) is 0 Å². The minimum absolute atomic E-state index is 0.152. The molecule has 3 aromatic heterocycles. The number of fused-ring (bicyclic) bond motifs is 3. The van der Waals surface area contributed by atoms with E-state index in [2.05, 4.69) is 70.6 Å². The summed E-state index contributed by atoms with van der Waals surface area (Å²) in [6.45, 7) is 0. The molecule has 3 heterocycles. The van der Waals surface area contributed by atoms with Crippen molar-refractivity contribution in [3.05, 3.63) is 146 Å². The summed E-state index contributed by atoms with van der Waals surface area (Å²) in [7, 11) is 0. The van der Waals surface area contributed by atoms with Crippen LogP contribution in [0.25, 0.3) is 100 Å². The van der Waals surface area contributed by atoms with Crippen LogP contribution in [0.2, 0.25) is 0 Å². The lowest BCUT2D eigenvalue weighted by Crippen LogP contribution is -1.90. The highest BCUT2D eigenvalue weighted by atomic mass is 32.1. The predicted molar refractivity (Wildman–Crippen MR) is 213 cm³/mol. The molecule has 4 N–H and O–H groups in total. The van der Waals surface area contributed by atoms with Gasteiger partial charge in [0, 0.05) is 33.4 Å². The van der Waals surface area contributed by atoms with Gasteiger partial charge in [-0.3, -0.25) is 0 Å². The number of phenolic OH excluding ortho intramolecular Hbond substituents is 2. The van der Waals surface area contributed by atoms with E-state index in [0.29, 0.717) is 22.8 Å². The molecule has 0 atom stereocenters. The summed E-state index contributed by atoms with van der Waals surface area (Å²) in [5.41, 5.74) is 13.7. The summed E-state index contributed by atoms with van der Waals surface area (Å²) in [6.07, 6.45) is 0. The molecule has 10 aromatic rings. The molecular formula is C44H28N6O2S. The molecule has 0 spiro atoms. The standard InChI is InChI=1S/C44H28N6O2S/c51-35-17-9-7-15-33(35)43-45-37-27(25-11-3-1-4-12-25)19-21-29(39(37)47-43)31-23-24-32(42-41(31)49-53-50-42)30-22-20-28(26-13-5-2-6-14-26)38-40(30)48-44(46-38)34-16-8-10-18-36(34)52/h1-24,51-52H,(H,45,47)(H,46,48). The summed E-state index contributed by atoms with van der Waals surface area (Å²) < 4.78 is 9.71. The number of para-hydroxylation sites is 2. The highest BCUT2D eigenvalue weighted by molar-refractivity contribution is 7.00. The first-order valence-corrected chi connectivity index (χ1v) is 17.8. The van der Waals surface area contributed by atoms with E-state index in [4.69, 9.17) is 18.7 Å². The highest BCUT2D eigenvalue weighted by Gasteiger charge is 2.23. The maximum Gasteiger partial charge on any atom is 0.142 e. The van der Waals surface area contributed by atoms with Crippen LogP contribution in [0.3, 0.4) is 0 Å². The van der Waals surface area contributed by atoms with Gasteiger partial charge >= 0.3 is 0 Å². The van der Waals surface area contributed by atoms with Gasteiger partial charge in [-0.1, -0.05) is 121 Å². The van der Waals surface area contributed by atoms with Gasteiger partial charge in [-0.2, -0.15) is 8.75 Å². The minimum Gasteiger partial charge on any atom is -0.507 e. The second-order valence-electron chi connectivity index (χ2n) is 12.8. The molecule has 53 heavy (non-hydrogen) atoms. The Balaban J connectivity index is 1.18. The van der Waals surface area contributed by atoms with E-state index in [0.717, 1.165) is 77.6 Å². The van der Waals surface area contributed by atoms with Crippen LogP contribution in [-0.4, -0.2) is 38.9 Å². The molecular weight excluding hydrogens is 677 g/mol. The van der Waals surface area contributed by atoms with Gasteiger partial charge in [-0.15, -0.1) is 0 Å².